The summed E-state index contributed by atoms with van der Waals surface area (Å²) in [6.07, 6.45) is 3.03. The molecule has 2 N–H and O–H groups in total. The Morgan fingerprint density at radius 2 is 1.46 bits per heavy atom. The minimum atomic E-state index is -0.235. The Kier molecular flexibility index (Phi) is 5.27. The van der Waals surface area contributed by atoms with Gasteiger partial charge in [-0.1, -0.05) is 43.7 Å². The van der Waals surface area contributed by atoms with E-state index >= 15 is 0 Å². The molecule has 0 spiro atoms. The molecule has 1 heterocycles. The lowest BCUT2D eigenvalue weighted by Gasteiger charge is -2.09. The molecule has 132 valence electrons. The van der Waals surface area contributed by atoms with E-state index in [4.69, 9.17) is 0 Å². The number of benzene rings is 2. The first kappa shape index (κ1) is 17.6. The molecule has 3 aromatic rings. The number of nitrogens with one attached hydrogen (secondary N) is 2. The molecule has 1 aromatic heterocycles. The van der Waals surface area contributed by atoms with E-state index in [1.807, 2.05) is 43.3 Å². The summed E-state index contributed by atoms with van der Waals surface area (Å²) in [5, 5.41) is 5.97. The van der Waals surface area contributed by atoms with Gasteiger partial charge < -0.3 is 10.6 Å². The number of aromatic nitrogens is 2. The van der Waals surface area contributed by atoms with E-state index in [2.05, 4.69) is 46.6 Å². The highest BCUT2D eigenvalue weighted by molar-refractivity contribution is 6.03. The van der Waals surface area contributed by atoms with Gasteiger partial charge in [-0.05, 0) is 42.7 Å². The maximum absolute atomic E-state index is 12.3. The number of nitrogens with zero attached hydrogens (tertiary/aromatic N) is 2. The van der Waals surface area contributed by atoms with Crippen LogP contribution >= 0.6 is 0 Å². The van der Waals surface area contributed by atoms with Crippen LogP contribution in [0.4, 0.5) is 17.3 Å². The maximum atomic E-state index is 12.3. The minimum absolute atomic E-state index is 0.235. The van der Waals surface area contributed by atoms with Gasteiger partial charge >= 0.3 is 0 Å². The van der Waals surface area contributed by atoms with Gasteiger partial charge in [0, 0.05) is 23.8 Å². The molecular weight excluding hydrogens is 324 g/mol. The molecule has 0 fully saturated rings. The van der Waals surface area contributed by atoms with Gasteiger partial charge in [-0.3, -0.25) is 4.79 Å². The van der Waals surface area contributed by atoms with Crippen LogP contribution in [0.15, 0.2) is 60.9 Å². The lowest BCUT2D eigenvalue weighted by molar-refractivity contribution is 0.102. The quantitative estimate of drug-likeness (QED) is 0.689. The highest BCUT2D eigenvalue weighted by Crippen LogP contribution is 2.19. The van der Waals surface area contributed by atoms with Crippen molar-refractivity contribution in [2.45, 2.75) is 26.7 Å². The van der Waals surface area contributed by atoms with Crippen molar-refractivity contribution in [2.24, 2.45) is 0 Å². The number of hydrogen-bond acceptors (Lipinski definition) is 4. The zero-order chi connectivity index (χ0) is 18.5. The summed E-state index contributed by atoms with van der Waals surface area (Å²) < 4.78 is 0. The topological polar surface area (TPSA) is 66.9 Å². The van der Waals surface area contributed by atoms with Gasteiger partial charge in [0.2, 0.25) is 5.95 Å². The molecular formula is C21H22N4O. The molecule has 0 aliphatic heterocycles. The van der Waals surface area contributed by atoms with Gasteiger partial charge in [-0.15, -0.1) is 0 Å². The van der Waals surface area contributed by atoms with Crippen molar-refractivity contribution >= 4 is 23.2 Å². The standard InChI is InChI=1S/C21H22N4O/c1-14(2)16-6-10-19(11-7-16)25-21-22-12-17(13-23-21)20(26)24-18-8-4-15(3)5-9-18/h4-14H,1-3H3,(H,24,26)(H,22,23,25). The summed E-state index contributed by atoms with van der Waals surface area (Å²) >= 11 is 0. The van der Waals surface area contributed by atoms with Crippen LogP contribution in [0.1, 0.15) is 41.3 Å². The van der Waals surface area contributed by atoms with E-state index in [-0.39, 0.29) is 5.91 Å². The molecule has 0 saturated carbocycles. The Bertz CT molecular complexity index is 869. The molecule has 26 heavy (non-hydrogen) atoms. The van der Waals surface area contributed by atoms with Crippen LogP contribution in [0.2, 0.25) is 0 Å². The number of aryl methyl sites for hydroxylation is 1. The summed E-state index contributed by atoms with van der Waals surface area (Å²) in [7, 11) is 0. The average Bonchev–Trinajstić information content (AvgIpc) is 2.64. The second kappa shape index (κ2) is 7.78. The smallest absolute Gasteiger partial charge is 0.258 e. The fraction of sp³-hybridized carbons (Fsp3) is 0.190. The van der Waals surface area contributed by atoms with Gasteiger partial charge in [-0.2, -0.15) is 0 Å². The van der Waals surface area contributed by atoms with Crippen molar-refractivity contribution in [2.75, 3.05) is 10.6 Å². The number of amides is 1. The average molecular weight is 346 g/mol. The van der Waals surface area contributed by atoms with Crippen molar-refractivity contribution < 1.29 is 4.79 Å². The molecule has 0 bridgehead atoms. The minimum Gasteiger partial charge on any atom is -0.324 e. The number of hydrogen-bond donors (Lipinski definition) is 2. The maximum Gasteiger partial charge on any atom is 0.258 e. The van der Waals surface area contributed by atoms with E-state index in [1.54, 1.807) is 0 Å². The summed E-state index contributed by atoms with van der Waals surface area (Å²) in [5.74, 6) is 0.711. The fourth-order valence-corrected chi connectivity index (χ4v) is 2.43. The number of carbonyl (C=O) groups is 1. The van der Waals surface area contributed by atoms with Crippen LogP contribution in [-0.4, -0.2) is 15.9 Å². The van der Waals surface area contributed by atoms with Crippen LogP contribution in [0, 0.1) is 6.92 Å². The Morgan fingerprint density at radius 3 is 2.04 bits per heavy atom. The SMILES string of the molecule is Cc1ccc(NC(=O)c2cnc(Nc3ccc(C(C)C)cc3)nc2)cc1. The molecule has 0 aliphatic carbocycles. The van der Waals surface area contributed by atoms with E-state index in [9.17, 15) is 4.79 Å². The second-order valence-corrected chi connectivity index (χ2v) is 6.52. The van der Waals surface area contributed by atoms with Crippen LogP contribution in [0.5, 0.6) is 0 Å². The lowest BCUT2D eigenvalue weighted by atomic mass is 10.0. The summed E-state index contributed by atoms with van der Waals surface area (Å²) in [5.41, 5.74) is 4.48. The van der Waals surface area contributed by atoms with Gasteiger partial charge in [0.25, 0.3) is 5.91 Å². The van der Waals surface area contributed by atoms with E-state index in [0.717, 1.165) is 16.9 Å². The van der Waals surface area contributed by atoms with Crippen LogP contribution in [0.3, 0.4) is 0 Å². The zero-order valence-corrected chi connectivity index (χ0v) is 15.2. The summed E-state index contributed by atoms with van der Waals surface area (Å²) in [6, 6.07) is 15.8. The second-order valence-electron chi connectivity index (χ2n) is 6.52. The first-order valence-electron chi connectivity index (χ1n) is 8.58. The molecule has 5 heteroatoms. The molecule has 0 unspecified atom stereocenters. The molecule has 0 aliphatic rings. The van der Waals surface area contributed by atoms with Crippen molar-refractivity contribution in [1.82, 2.24) is 9.97 Å². The number of anilines is 3. The monoisotopic (exact) mass is 346 g/mol. The molecule has 0 saturated heterocycles. The van der Waals surface area contributed by atoms with Crippen LogP contribution < -0.4 is 10.6 Å². The molecule has 5 nitrogen and oxygen atoms in total. The normalized spacial score (nSPS) is 10.6. The molecule has 0 atom stereocenters. The third-order valence-electron chi connectivity index (χ3n) is 4.06. The van der Waals surface area contributed by atoms with Crippen LogP contribution in [-0.2, 0) is 0 Å². The van der Waals surface area contributed by atoms with Gasteiger partial charge in [-0.25, -0.2) is 9.97 Å². The van der Waals surface area contributed by atoms with Gasteiger partial charge in [0.15, 0.2) is 0 Å². The molecule has 0 radical (unpaired) electrons. The first-order valence-corrected chi connectivity index (χ1v) is 8.58. The number of carbonyl (C=O) groups excluding carboxylic acids is 1. The van der Waals surface area contributed by atoms with Crippen molar-refractivity contribution in [3.05, 3.63) is 77.6 Å². The Morgan fingerprint density at radius 1 is 0.885 bits per heavy atom. The summed E-state index contributed by atoms with van der Waals surface area (Å²) in [6.45, 7) is 6.32. The Labute approximate surface area is 153 Å². The lowest BCUT2D eigenvalue weighted by Crippen LogP contribution is -2.13. The largest absolute Gasteiger partial charge is 0.324 e. The third-order valence-corrected chi connectivity index (χ3v) is 4.06. The van der Waals surface area contributed by atoms with Gasteiger partial charge in [0.05, 0.1) is 5.56 Å². The van der Waals surface area contributed by atoms with E-state index in [1.165, 1.54) is 18.0 Å². The predicted molar refractivity (Wildman–Crippen MR) is 105 cm³/mol. The zero-order valence-electron chi connectivity index (χ0n) is 15.2. The van der Waals surface area contributed by atoms with Gasteiger partial charge in [0.1, 0.15) is 0 Å². The third kappa shape index (κ3) is 4.45. The van der Waals surface area contributed by atoms with Crippen molar-refractivity contribution in [1.29, 1.82) is 0 Å². The van der Waals surface area contributed by atoms with Crippen molar-refractivity contribution in [3.8, 4) is 0 Å². The predicted octanol–water partition coefficient (Wildman–Crippen LogP) is 4.90. The van der Waals surface area contributed by atoms with Crippen molar-refractivity contribution in [3.63, 3.8) is 0 Å². The first-order chi connectivity index (χ1) is 12.5. The Hall–Kier alpha value is -3.21. The highest BCUT2D eigenvalue weighted by Gasteiger charge is 2.08. The molecule has 3 rings (SSSR count). The summed E-state index contributed by atoms with van der Waals surface area (Å²) in [4.78, 5) is 20.7. The van der Waals surface area contributed by atoms with E-state index < -0.39 is 0 Å². The van der Waals surface area contributed by atoms with Crippen LogP contribution in [0.25, 0.3) is 0 Å². The fourth-order valence-electron chi connectivity index (χ4n) is 2.43. The Balaban J connectivity index is 1.64. The highest BCUT2D eigenvalue weighted by atomic mass is 16.1. The number of rotatable bonds is 5. The van der Waals surface area contributed by atoms with E-state index in [0.29, 0.717) is 17.4 Å². The molecule has 2 aromatic carbocycles. The molecule has 1 amide bonds.